The molecule has 0 bridgehead atoms. The zero-order valence-corrected chi connectivity index (χ0v) is 12.1. The molecule has 0 aliphatic carbocycles. The van der Waals surface area contributed by atoms with E-state index in [1.165, 1.54) is 13.0 Å². The summed E-state index contributed by atoms with van der Waals surface area (Å²) in [5.74, 6) is -0.665. The minimum Gasteiger partial charge on any atom is -0.442 e. The van der Waals surface area contributed by atoms with E-state index in [0.717, 1.165) is 12.5 Å². The third-order valence-corrected chi connectivity index (χ3v) is 3.12. The molecule has 0 radical (unpaired) electrons. The average molecular weight is 341 g/mol. The third kappa shape index (κ3) is 3.00. The van der Waals surface area contributed by atoms with Crippen LogP contribution in [-0.2, 0) is 6.54 Å². The fourth-order valence-corrected chi connectivity index (χ4v) is 2.21. The molecular formula is C13H10F3N5O3. The normalized spacial score (nSPS) is 11.8. The molecule has 2 N–H and O–H groups in total. The van der Waals surface area contributed by atoms with E-state index >= 15 is 0 Å². The van der Waals surface area contributed by atoms with Crippen LogP contribution in [0.25, 0.3) is 11.1 Å². The number of aromatic nitrogens is 4. The first-order chi connectivity index (χ1) is 11.2. The summed E-state index contributed by atoms with van der Waals surface area (Å²) in [5.41, 5.74) is -0.627. The van der Waals surface area contributed by atoms with Crippen molar-refractivity contribution in [3.8, 4) is 0 Å². The van der Waals surface area contributed by atoms with Gasteiger partial charge in [-0.1, -0.05) is 0 Å². The second kappa shape index (κ2) is 5.51. The topological polar surface area (TPSA) is 106 Å². The van der Waals surface area contributed by atoms with E-state index in [1.54, 1.807) is 0 Å². The first-order valence-corrected chi connectivity index (χ1v) is 6.63. The lowest BCUT2D eigenvalue weighted by Crippen LogP contribution is -2.19. The Morgan fingerprint density at radius 3 is 2.92 bits per heavy atom. The summed E-state index contributed by atoms with van der Waals surface area (Å²) in [5, 5.41) is 5.90. The number of rotatable bonds is 3. The van der Waals surface area contributed by atoms with Crippen molar-refractivity contribution < 1.29 is 22.4 Å². The zero-order chi connectivity index (χ0) is 17.5. The summed E-state index contributed by atoms with van der Waals surface area (Å²) in [7, 11) is 0. The number of amides is 1. The number of furan rings is 1. The molecule has 0 fully saturated rings. The first-order valence-electron chi connectivity index (χ1n) is 6.63. The molecule has 0 aliphatic rings. The van der Waals surface area contributed by atoms with Gasteiger partial charge in [0, 0.05) is 12.3 Å². The highest BCUT2D eigenvalue weighted by molar-refractivity contribution is 6.12. The second-order valence-corrected chi connectivity index (χ2v) is 4.91. The van der Waals surface area contributed by atoms with Crippen molar-refractivity contribution in [1.29, 1.82) is 0 Å². The number of anilines is 1. The summed E-state index contributed by atoms with van der Waals surface area (Å²) in [4.78, 5) is 30.3. The molecule has 0 atom stereocenters. The van der Waals surface area contributed by atoms with Gasteiger partial charge in [-0.15, -0.1) is 0 Å². The van der Waals surface area contributed by atoms with E-state index in [9.17, 15) is 22.8 Å². The molecule has 0 saturated heterocycles. The Bertz CT molecular complexity index is 969. The Hall–Kier alpha value is -3.11. The monoisotopic (exact) mass is 341 g/mol. The highest BCUT2D eigenvalue weighted by atomic mass is 19.4. The maximum absolute atomic E-state index is 12.3. The maximum atomic E-state index is 12.3. The first kappa shape index (κ1) is 15.8. The second-order valence-electron chi connectivity index (χ2n) is 4.91. The van der Waals surface area contributed by atoms with Crippen molar-refractivity contribution in [2.75, 3.05) is 5.32 Å². The molecule has 0 aliphatic heterocycles. The Morgan fingerprint density at radius 1 is 1.46 bits per heavy atom. The van der Waals surface area contributed by atoms with E-state index in [2.05, 4.69) is 20.4 Å². The number of carbonyl (C=O) groups is 1. The van der Waals surface area contributed by atoms with E-state index in [4.69, 9.17) is 4.42 Å². The van der Waals surface area contributed by atoms with Crippen LogP contribution in [0, 0.1) is 6.92 Å². The molecule has 0 aromatic carbocycles. The Kier molecular flexibility index (Phi) is 3.62. The molecule has 0 saturated carbocycles. The standard InChI is InChI=1S/C13H10F3N5O3/c1-6-8(9-10(22)17-5-18-12(9)24-6)11(23)19-7-2-3-21(20-7)4-13(14,15)16/h2-3,5H,4H2,1H3,(H,17,18,22)(H,19,20,23). The zero-order valence-electron chi connectivity index (χ0n) is 12.1. The molecule has 3 heterocycles. The lowest BCUT2D eigenvalue weighted by atomic mass is 10.2. The van der Waals surface area contributed by atoms with Gasteiger partial charge >= 0.3 is 6.18 Å². The lowest BCUT2D eigenvalue weighted by molar-refractivity contribution is -0.142. The maximum Gasteiger partial charge on any atom is 0.408 e. The van der Waals surface area contributed by atoms with Gasteiger partial charge in [0.05, 0.1) is 11.9 Å². The van der Waals surface area contributed by atoms with Crippen LogP contribution in [0.2, 0.25) is 0 Å². The molecule has 8 nitrogen and oxygen atoms in total. The van der Waals surface area contributed by atoms with Crippen molar-refractivity contribution >= 4 is 22.8 Å². The molecule has 3 aromatic heterocycles. The summed E-state index contributed by atoms with van der Waals surface area (Å²) < 4.78 is 42.8. The molecule has 1 amide bonds. The number of aryl methyl sites for hydroxylation is 1. The van der Waals surface area contributed by atoms with Gasteiger partial charge in [0.1, 0.15) is 17.7 Å². The van der Waals surface area contributed by atoms with Crippen LogP contribution in [-0.4, -0.2) is 31.8 Å². The average Bonchev–Trinajstić information content (AvgIpc) is 3.01. The number of nitrogens with one attached hydrogen (secondary N) is 2. The van der Waals surface area contributed by atoms with E-state index in [-0.39, 0.29) is 28.2 Å². The van der Waals surface area contributed by atoms with Crippen LogP contribution in [0.1, 0.15) is 16.1 Å². The van der Waals surface area contributed by atoms with Crippen molar-refractivity contribution in [1.82, 2.24) is 19.7 Å². The van der Waals surface area contributed by atoms with E-state index in [1.807, 2.05) is 0 Å². The molecule has 3 aromatic rings. The van der Waals surface area contributed by atoms with Gasteiger partial charge in [-0.2, -0.15) is 18.3 Å². The summed E-state index contributed by atoms with van der Waals surface area (Å²) in [6.45, 7) is 0.193. The van der Waals surface area contributed by atoms with Gasteiger partial charge in [-0.25, -0.2) is 4.98 Å². The summed E-state index contributed by atoms with van der Waals surface area (Å²) in [6.07, 6.45) is -2.21. The van der Waals surface area contributed by atoms with Crippen molar-refractivity contribution in [2.24, 2.45) is 0 Å². The van der Waals surface area contributed by atoms with Crippen LogP contribution in [0.3, 0.4) is 0 Å². The van der Waals surface area contributed by atoms with Crippen molar-refractivity contribution in [3.63, 3.8) is 0 Å². The fraction of sp³-hybridized carbons (Fsp3) is 0.231. The van der Waals surface area contributed by atoms with Gasteiger partial charge in [0.15, 0.2) is 5.82 Å². The van der Waals surface area contributed by atoms with Crippen LogP contribution in [0.4, 0.5) is 19.0 Å². The number of carbonyl (C=O) groups excluding carboxylic acids is 1. The number of hydrogen-bond acceptors (Lipinski definition) is 5. The van der Waals surface area contributed by atoms with Gasteiger partial charge in [-0.3, -0.25) is 14.3 Å². The Labute approximate surface area is 131 Å². The molecule has 0 spiro atoms. The minimum absolute atomic E-state index is 0.0102. The van der Waals surface area contributed by atoms with Crippen LogP contribution >= 0.6 is 0 Å². The summed E-state index contributed by atoms with van der Waals surface area (Å²) in [6, 6.07) is 1.21. The molecule has 24 heavy (non-hydrogen) atoms. The number of hydrogen-bond donors (Lipinski definition) is 2. The van der Waals surface area contributed by atoms with Gasteiger partial charge < -0.3 is 14.7 Å². The number of fused-ring (bicyclic) bond motifs is 1. The van der Waals surface area contributed by atoms with Crippen molar-refractivity contribution in [2.45, 2.75) is 19.6 Å². The quantitative estimate of drug-likeness (QED) is 0.756. The fourth-order valence-electron chi connectivity index (χ4n) is 2.21. The van der Waals surface area contributed by atoms with E-state index < -0.39 is 24.2 Å². The smallest absolute Gasteiger partial charge is 0.408 e. The van der Waals surface area contributed by atoms with E-state index in [0.29, 0.717) is 4.68 Å². The molecule has 126 valence electrons. The van der Waals surface area contributed by atoms with Gasteiger partial charge in [-0.05, 0) is 6.92 Å². The minimum atomic E-state index is -4.43. The Balaban J connectivity index is 1.89. The van der Waals surface area contributed by atoms with Crippen LogP contribution in [0.5, 0.6) is 0 Å². The molecule has 3 rings (SSSR count). The number of nitrogens with zero attached hydrogens (tertiary/aromatic N) is 3. The number of alkyl halides is 3. The predicted molar refractivity (Wildman–Crippen MR) is 75.6 cm³/mol. The van der Waals surface area contributed by atoms with Gasteiger partial charge in [0.2, 0.25) is 5.71 Å². The molecular weight excluding hydrogens is 331 g/mol. The highest BCUT2D eigenvalue weighted by Gasteiger charge is 2.28. The largest absolute Gasteiger partial charge is 0.442 e. The third-order valence-electron chi connectivity index (χ3n) is 3.12. The number of aromatic amines is 1. The Morgan fingerprint density at radius 2 is 2.21 bits per heavy atom. The highest BCUT2D eigenvalue weighted by Crippen LogP contribution is 2.22. The molecule has 0 unspecified atom stereocenters. The van der Waals surface area contributed by atoms with Crippen LogP contribution < -0.4 is 10.9 Å². The lowest BCUT2D eigenvalue weighted by Gasteiger charge is -2.05. The van der Waals surface area contributed by atoms with Crippen LogP contribution in [0.15, 0.2) is 27.8 Å². The molecule has 11 heteroatoms. The predicted octanol–water partition coefficient (Wildman–Crippen LogP) is 1.84. The van der Waals surface area contributed by atoms with Crippen molar-refractivity contribution in [3.05, 3.63) is 40.3 Å². The number of H-pyrrole nitrogens is 1. The van der Waals surface area contributed by atoms with Gasteiger partial charge in [0.25, 0.3) is 11.5 Å². The summed E-state index contributed by atoms with van der Waals surface area (Å²) >= 11 is 0. The SMILES string of the molecule is Cc1oc2nc[nH]c(=O)c2c1C(=O)Nc1ccn(CC(F)(F)F)n1. The number of halogens is 3.